The number of hydrogen-bond acceptors (Lipinski definition) is 7. The Labute approximate surface area is 235 Å². The van der Waals surface area contributed by atoms with Crippen molar-refractivity contribution < 1.29 is 14.0 Å². The highest BCUT2D eigenvalue weighted by atomic mass is 35.5. The van der Waals surface area contributed by atoms with E-state index in [9.17, 15) is 14.0 Å². The molecular weight excluding hydrogens is 535 g/mol. The van der Waals surface area contributed by atoms with E-state index in [4.69, 9.17) is 11.6 Å². The van der Waals surface area contributed by atoms with Gasteiger partial charge in [0.25, 0.3) is 5.91 Å². The van der Waals surface area contributed by atoms with Crippen LogP contribution in [0.1, 0.15) is 53.4 Å². The molecule has 2 amide bonds. The van der Waals surface area contributed by atoms with Crippen LogP contribution in [0.15, 0.2) is 48.8 Å². The lowest BCUT2D eigenvalue weighted by atomic mass is 10.0. The second kappa shape index (κ2) is 11.0. The van der Waals surface area contributed by atoms with Crippen molar-refractivity contribution in [1.82, 2.24) is 35.2 Å². The number of carbonyl (C=O) groups is 2. The Kier molecular flexibility index (Phi) is 7.49. The van der Waals surface area contributed by atoms with E-state index in [0.29, 0.717) is 39.6 Å². The minimum atomic E-state index is -0.738. The molecule has 0 saturated heterocycles. The van der Waals surface area contributed by atoms with Crippen LogP contribution in [0.25, 0.3) is 11.3 Å². The molecule has 0 saturated carbocycles. The number of hydrogen-bond donors (Lipinski definition) is 2. The molecule has 0 radical (unpaired) electrons. The zero-order chi connectivity index (χ0) is 28.6. The summed E-state index contributed by atoms with van der Waals surface area (Å²) in [5.74, 6) is -0.179. The van der Waals surface area contributed by atoms with Crippen molar-refractivity contribution in [2.24, 2.45) is 7.05 Å². The molecule has 0 fully saturated rings. The van der Waals surface area contributed by atoms with Gasteiger partial charge in [-0.25, -0.2) is 14.4 Å². The summed E-state index contributed by atoms with van der Waals surface area (Å²) < 4.78 is 14.0. The van der Waals surface area contributed by atoms with Crippen molar-refractivity contribution in [1.29, 1.82) is 0 Å². The number of benzene rings is 2. The zero-order valence-electron chi connectivity index (χ0n) is 22.4. The van der Waals surface area contributed by atoms with Crippen LogP contribution in [0.4, 0.5) is 16.2 Å². The van der Waals surface area contributed by atoms with Gasteiger partial charge in [0.1, 0.15) is 11.9 Å². The van der Waals surface area contributed by atoms with Gasteiger partial charge in [-0.1, -0.05) is 36.7 Å². The lowest BCUT2D eigenvalue weighted by Crippen LogP contribution is -2.46. The van der Waals surface area contributed by atoms with Crippen LogP contribution >= 0.6 is 11.6 Å². The van der Waals surface area contributed by atoms with E-state index in [1.165, 1.54) is 28.0 Å². The van der Waals surface area contributed by atoms with Crippen molar-refractivity contribution in [2.45, 2.75) is 45.8 Å². The number of rotatable bonds is 8. The molecular formula is C28H28ClFN8O2. The number of halogens is 2. The quantitative estimate of drug-likeness (QED) is 0.319. The number of fused-ring (bicyclic) bond motifs is 1. The number of nitrogens with zero attached hydrogens (tertiary/aromatic N) is 6. The molecule has 2 aromatic carbocycles. The summed E-state index contributed by atoms with van der Waals surface area (Å²) in [4.78, 5) is 38.3. The Morgan fingerprint density at radius 3 is 2.70 bits per heavy atom. The van der Waals surface area contributed by atoms with E-state index in [0.717, 1.165) is 11.1 Å². The van der Waals surface area contributed by atoms with Crippen molar-refractivity contribution >= 4 is 35.2 Å². The molecule has 0 unspecified atom stereocenters. The van der Waals surface area contributed by atoms with E-state index in [1.54, 1.807) is 26.2 Å². The average molecular weight is 563 g/mol. The molecule has 1 aliphatic heterocycles. The zero-order valence-corrected chi connectivity index (χ0v) is 23.2. The van der Waals surface area contributed by atoms with Crippen LogP contribution in [0.2, 0.25) is 5.02 Å². The van der Waals surface area contributed by atoms with Gasteiger partial charge < -0.3 is 15.5 Å². The molecule has 2 N–H and O–H groups in total. The second-order valence-corrected chi connectivity index (χ2v) is 10.2. The van der Waals surface area contributed by atoms with Crippen LogP contribution in [0, 0.1) is 12.7 Å². The molecule has 10 nitrogen and oxygen atoms in total. The minimum Gasteiger partial charge on any atom is -0.348 e. The molecule has 1 aliphatic rings. The molecule has 0 aliphatic carbocycles. The third kappa shape index (κ3) is 5.50. The van der Waals surface area contributed by atoms with E-state index in [1.807, 2.05) is 32.0 Å². The fourth-order valence-electron chi connectivity index (χ4n) is 4.75. The molecule has 12 heteroatoms. The number of aromatic nitrogens is 5. The maximum Gasteiger partial charge on any atom is 0.255 e. The predicted octanol–water partition coefficient (Wildman–Crippen LogP) is 4.73. The first kappa shape index (κ1) is 27.2. The van der Waals surface area contributed by atoms with Gasteiger partial charge in [0.15, 0.2) is 5.82 Å². The summed E-state index contributed by atoms with van der Waals surface area (Å²) in [5.41, 5.74) is 3.81. The lowest BCUT2D eigenvalue weighted by Gasteiger charge is -2.26. The maximum atomic E-state index is 14.0. The topological polar surface area (TPSA) is 118 Å². The Bertz CT molecular complexity index is 1590. The smallest absolute Gasteiger partial charge is 0.255 e. The fourth-order valence-corrected chi connectivity index (χ4v) is 4.95. The number of amides is 2. The van der Waals surface area contributed by atoms with Gasteiger partial charge in [-0.15, -0.1) is 5.10 Å². The monoisotopic (exact) mass is 562 g/mol. The third-order valence-electron chi connectivity index (χ3n) is 6.84. The number of nitrogens with one attached hydrogen (secondary N) is 2. The minimum absolute atomic E-state index is 0.266. The van der Waals surface area contributed by atoms with E-state index in [-0.39, 0.29) is 36.2 Å². The standard InChI is InChI=1S/C28H28ClFN8O2/c1-5-23(19-8-15(2)9-20(30)10-19)33-26(39)16(3)38-14-18-7-6-17(11-21(18)27(38)40)25-22(29)12-31-28(35-25)34-24-13-32-37(4)36-24/h6-13,16,23H,5,14H2,1-4H3,(H,33,39)(H,31,34,35,36)/t16-,23-/m1/s1. The SMILES string of the molecule is CC[C@@H](NC(=O)[C@@H](C)N1Cc2ccc(-c3nc(Nc4cnn(C)n4)ncc3Cl)cc2C1=O)c1cc(C)cc(F)c1. The lowest BCUT2D eigenvalue weighted by molar-refractivity contribution is -0.126. The molecule has 40 heavy (non-hydrogen) atoms. The summed E-state index contributed by atoms with van der Waals surface area (Å²) in [7, 11) is 1.70. The first-order valence-corrected chi connectivity index (χ1v) is 13.2. The predicted molar refractivity (Wildman–Crippen MR) is 148 cm³/mol. The summed E-state index contributed by atoms with van der Waals surface area (Å²) >= 11 is 6.42. The highest BCUT2D eigenvalue weighted by Gasteiger charge is 2.35. The number of aryl methyl sites for hydroxylation is 2. The summed E-state index contributed by atoms with van der Waals surface area (Å²) in [5, 5.41) is 14.4. The van der Waals surface area contributed by atoms with Gasteiger partial charge in [0, 0.05) is 24.7 Å². The van der Waals surface area contributed by atoms with Crippen LogP contribution in [0.3, 0.4) is 0 Å². The Balaban J connectivity index is 1.33. The Hall–Kier alpha value is -4.38. The highest BCUT2D eigenvalue weighted by Crippen LogP contribution is 2.32. The largest absolute Gasteiger partial charge is 0.348 e. The molecule has 3 heterocycles. The normalized spacial score (nSPS) is 14.2. The molecule has 2 aromatic heterocycles. The maximum absolute atomic E-state index is 14.0. The van der Waals surface area contributed by atoms with Crippen LogP contribution in [-0.4, -0.2) is 47.7 Å². The molecule has 206 valence electrons. The van der Waals surface area contributed by atoms with E-state index < -0.39 is 6.04 Å². The van der Waals surface area contributed by atoms with Gasteiger partial charge in [0.05, 0.1) is 29.2 Å². The van der Waals surface area contributed by atoms with Gasteiger partial charge in [-0.3, -0.25) is 9.59 Å². The molecule has 2 atom stereocenters. The second-order valence-electron chi connectivity index (χ2n) is 9.75. The first-order valence-electron chi connectivity index (χ1n) is 12.8. The molecule has 5 rings (SSSR count). The van der Waals surface area contributed by atoms with Crippen molar-refractivity contribution in [2.75, 3.05) is 5.32 Å². The first-order chi connectivity index (χ1) is 19.1. The third-order valence-corrected chi connectivity index (χ3v) is 7.11. The molecule has 0 bridgehead atoms. The fraction of sp³-hybridized carbons (Fsp3) is 0.286. The summed E-state index contributed by atoms with van der Waals surface area (Å²) in [6.45, 7) is 5.70. The Morgan fingerprint density at radius 1 is 1.20 bits per heavy atom. The average Bonchev–Trinajstić information content (AvgIpc) is 3.48. The van der Waals surface area contributed by atoms with Crippen molar-refractivity contribution in [3.63, 3.8) is 0 Å². The van der Waals surface area contributed by atoms with Gasteiger partial charge in [0.2, 0.25) is 11.9 Å². The summed E-state index contributed by atoms with van der Waals surface area (Å²) in [6.07, 6.45) is 3.59. The van der Waals surface area contributed by atoms with E-state index in [2.05, 4.69) is 30.8 Å². The molecule has 0 spiro atoms. The van der Waals surface area contributed by atoms with Crippen LogP contribution < -0.4 is 10.6 Å². The highest BCUT2D eigenvalue weighted by molar-refractivity contribution is 6.33. The van der Waals surface area contributed by atoms with Crippen LogP contribution in [-0.2, 0) is 18.4 Å². The van der Waals surface area contributed by atoms with Crippen molar-refractivity contribution in [3.05, 3.63) is 81.9 Å². The van der Waals surface area contributed by atoms with Gasteiger partial charge >= 0.3 is 0 Å². The number of carbonyl (C=O) groups excluding carboxylic acids is 2. The van der Waals surface area contributed by atoms with E-state index >= 15 is 0 Å². The van der Waals surface area contributed by atoms with Gasteiger partial charge in [-0.05, 0) is 55.2 Å². The summed E-state index contributed by atoms with van der Waals surface area (Å²) in [6, 6.07) is 9.01. The number of anilines is 2. The molecule has 4 aromatic rings. The van der Waals surface area contributed by atoms with Crippen molar-refractivity contribution in [3.8, 4) is 11.3 Å². The van der Waals surface area contributed by atoms with Gasteiger partial charge in [-0.2, -0.15) is 9.90 Å². The van der Waals surface area contributed by atoms with Crippen LogP contribution in [0.5, 0.6) is 0 Å². The Morgan fingerprint density at radius 2 is 2.00 bits per heavy atom.